The van der Waals surface area contributed by atoms with E-state index in [0.29, 0.717) is 28.9 Å². The third-order valence-corrected chi connectivity index (χ3v) is 7.11. The van der Waals surface area contributed by atoms with Crippen molar-refractivity contribution in [1.82, 2.24) is 19.8 Å². The molecule has 7 heteroatoms. The maximum Gasteiger partial charge on any atom is 0.233 e. The van der Waals surface area contributed by atoms with E-state index in [4.69, 9.17) is 5.84 Å². The summed E-state index contributed by atoms with van der Waals surface area (Å²) in [6.07, 6.45) is 14.7. The summed E-state index contributed by atoms with van der Waals surface area (Å²) in [7, 11) is 0. The number of hydrogen-bond donors (Lipinski definition) is 1. The van der Waals surface area contributed by atoms with Crippen LogP contribution in [-0.2, 0) is 4.79 Å². The molecule has 2 N–H and O–H groups in total. The van der Waals surface area contributed by atoms with E-state index < -0.39 is 0 Å². The Morgan fingerprint density at radius 3 is 2.08 bits per heavy atom. The number of carbonyl (C=O) groups is 1. The van der Waals surface area contributed by atoms with Gasteiger partial charge < -0.3 is 10.7 Å². The number of aromatic nitrogens is 3. The molecule has 1 aromatic heterocycles. The molecule has 0 bridgehead atoms. The smallest absolute Gasteiger partial charge is 0.233 e. The second-order valence-electron chi connectivity index (χ2n) is 8.16. The normalized spacial score (nSPS) is 22.5. The number of hydrogen-bond acceptors (Lipinski definition) is 5. The average molecular weight is 378 g/mol. The highest BCUT2D eigenvalue weighted by molar-refractivity contribution is 7.99. The van der Waals surface area contributed by atoms with Crippen LogP contribution < -0.4 is 5.84 Å². The Morgan fingerprint density at radius 1 is 0.962 bits per heavy atom. The van der Waals surface area contributed by atoms with Crippen LogP contribution in [0.1, 0.15) is 88.8 Å². The Balaban J connectivity index is 1.41. The lowest BCUT2D eigenvalue weighted by molar-refractivity contribution is -0.135. The largest absolute Gasteiger partial charge is 0.336 e. The van der Waals surface area contributed by atoms with Gasteiger partial charge in [0, 0.05) is 18.0 Å². The summed E-state index contributed by atoms with van der Waals surface area (Å²) in [4.78, 5) is 15.5. The van der Waals surface area contributed by atoms with Crippen molar-refractivity contribution >= 4 is 17.7 Å². The highest BCUT2D eigenvalue weighted by Gasteiger charge is 2.33. The van der Waals surface area contributed by atoms with Gasteiger partial charge in [0.15, 0.2) is 5.82 Å². The van der Waals surface area contributed by atoms with Gasteiger partial charge in [0.25, 0.3) is 0 Å². The van der Waals surface area contributed by atoms with Crippen LogP contribution in [0.25, 0.3) is 0 Å². The SMILES string of the molecule is Nn1c(SCC(=O)N(C2CCCCC2)C2CCCCC2)nnc1C1CC1. The topological polar surface area (TPSA) is 77.0 Å². The van der Waals surface area contributed by atoms with Gasteiger partial charge >= 0.3 is 0 Å². The summed E-state index contributed by atoms with van der Waals surface area (Å²) >= 11 is 1.45. The first-order chi connectivity index (χ1) is 12.7. The number of nitrogens with two attached hydrogens (primary N) is 1. The van der Waals surface area contributed by atoms with E-state index in [2.05, 4.69) is 15.1 Å². The van der Waals surface area contributed by atoms with E-state index in [9.17, 15) is 4.79 Å². The minimum absolute atomic E-state index is 0.268. The Morgan fingerprint density at radius 2 is 1.54 bits per heavy atom. The fourth-order valence-corrected chi connectivity index (χ4v) is 5.36. The Labute approximate surface area is 160 Å². The maximum atomic E-state index is 13.2. The van der Waals surface area contributed by atoms with Crippen molar-refractivity contribution < 1.29 is 4.79 Å². The van der Waals surface area contributed by atoms with Gasteiger partial charge in [-0.2, -0.15) is 0 Å². The van der Waals surface area contributed by atoms with Crippen molar-refractivity contribution in [3.8, 4) is 0 Å². The van der Waals surface area contributed by atoms with Crippen molar-refractivity contribution in [1.29, 1.82) is 0 Å². The third kappa shape index (κ3) is 4.02. The number of amides is 1. The van der Waals surface area contributed by atoms with Gasteiger partial charge in [-0.3, -0.25) is 4.79 Å². The molecular weight excluding hydrogens is 346 g/mol. The molecule has 3 saturated carbocycles. The molecule has 3 aliphatic rings. The zero-order valence-corrected chi connectivity index (χ0v) is 16.4. The minimum atomic E-state index is 0.268. The predicted octanol–water partition coefficient (Wildman–Crippen LogP) is 3.46. The summed E-state index contributed by atoms with van der Waals surface area (Å²) < 4.78 is 1.60. The molecule has 4 rings (SSSR count). The van der Waals surface area contributed by atoms with Crippen LogP contribution >= 0.6 is 11.8 Å². The lowest BCUT2D eigenvalue weighted by Gasteiger charge is -2.41. The average Bonchev–Trinajstić information content (AvgIpc) is 3.45. The van der Waals surface area contributed by atoms with Gasteiger partial charge in [-0.15, -0.1) is 10.2 Å². The van der Waals surface area contributed by atoms with Gasteiger partial charge in [0.2, 0.25) is 11.1 Å². The van der Waals surface area contributed by atoms with Crippen molar-refractivity contribution in [2.24, 2.45) is 0 Å². The van der Waals surface area contributed by atoms with Gasteiger partial charge in [-0.1, -0.05) is 50.3 Å². The van der Waals surface area contributed by atoms with Crippen LogP contribution in [-0.4, -0.2) is 43.5 Å². The molecule has 0 radical (unpaired) electrons. The maximum absolute atomic E-state index is 13.2. The monoisotopic (exact) mass is 377 g/mol. The summed E-state index contributed by atoms with van der Waals surface area (Å²) in [5.41, 5.74) is 0. The molecule has 0 aliphatic heterocycles. The molecule has 1 heterocycles. The lowest BCUT2D eigenvalue weighted by Crippen LogP contribution is -2.49. The number of nitrogen functional groups attached to an aromatic ring is 1. The molecule has 3 aliphatic carbocycles. The highest BCUT2D eigenvalue weighted by atomic mass is 32.2. The number of nitrogens with zero attached hydrogens (tertiary/aromatic N) is 4. The van der Waals surface area contributed by atoms with Crippen LogP contribution in [0.3, 0.4) is 0 Å². The number of thioether (sulfide) groups is 1. The fraction of sp³-hybridized carbons (Fsp3) is 0.842. The van der Waals surface area contributed by atoms with Crippen LogP contribution in [0.15, 0.2) is 5.16 Å². The standard InChI is InChI=1S/C19H31N5OS/c20-24-18(14-11-12-14)21-22-19(24)26-13-17(25)23(15-7-3-1-4-8-15)16-9-5-2-6-10-16/h14-16H,1-13,20H2. The minimum Gasteiger partial charge on any atom is -0.336 e. The Kier molecular flexibility index (Phi) is 5.72. The second-order valence-corrected chi connectivity index (χ2v) is 9.10. The van der Waals surface area contributed by atoms with Gasteiger partial charge in [0.05, 0.1) is 5.75 Å². The van der Waals surface area contributed by atoms with Gasteiger partial charge in [0.1, 0.15) is 0 Å². The molecule has 0 unspecified atom stereocenters. The molecule has 6 nitrogen and oxygen atoms in total. The molecule has 0 saturated heterocycles. The Bertz CT molecular complexity index is 599. The van der Waals surface area contributed by atoms with Crippen molar-refractivity contribution in [3.05, 3.63) is 5.82 Å². The van der Waals surface area contributed by atoms with E-state index in [1.165, 1.54) is 76.0 Å². The predicted molar refractivity (Wildman–Crippen MR) is 103 cm³/mol. The van der Waals surface area contributed by atoms with E-state index in [-0.39, 0.29) is 5.91 Å². The van der Waals surface area contributed by atoms with E-state index in [0.717, 1.165) is 18.7 Å². The van der Waals surface area contributed by atoms with Crippen molar-refractivity contribution in [2.75, 3.05) is 11.6 Å². The molecular formula is C19H31N5OS. The molecule has 3 fully saturated rings. The first-order valence-electron chi connectivity index (χ1n) is 10.4. The Hall–Kier alpha value is -1.24. The third-order valence-electron chi connectivity index (χ3n) is 6.18. The summed E-state index contributed by atoms with van der Waals surface area (Å²) in [6.45, 7) is 0. The molecule has 1 aromatic rings. The summed E-state index contributed by atoms with van der Waals surface area (Å²) in [5, 5.41) is 9.11. The van der Waals surface area contributed by atoms with Crippen LogP contribution in [0.2, 0.25) is 0 Å². The van der Waals surface area contributed by atoms with Crippen molar-refractivity contribution in [3.63, 3.8) is 0 Å². The van der Waals surface area contributed by atoms with Crippen LogP contribution in [0, 0.1) is 0 Å². The highest BCUT2D eigenvalue weighted by Crippen LogP contribution is 2.39. The molecule has 0 atom stereocenters. The zero-order valence-electron chi connectivity index (χ0n) is 15.6. The van der Waals surface area contributed by atoms with E-state index >= 15 is 0 Å². The summed E-state index contributed by atoms with van der Waals surface area (Å²) in [6, 6.07) is 0.885. The van der Waals surface area contributed by atoms with Crippen LogP contribution in [0.5, 0.6) is 0 Å². The summed E-state index contributed by atoms with van der Waals surface area (Å²) in [5.74, 6) is 8.17. The quantitative estimate of drug-likeness (QED) is 0.607. The molecule has 0 spiro atoms. The lowest BCUT2D eigenvalue weighted by atomic mass is 9.88. The van der Waals surface area contributed by atoms with Gasteiger partial charge in [-0.25, -0.2) is 4.68 Å². The molecule has 0 aromatic carbocycles. The number of rotatable bonds is 6. The van der Waals surface area contributed by atoms with Crippen LogP contribution in [0.4, 0.5) is 0 Å². The fourth-order valence-electron chi connectivity index (χ4n) is 4.63. The second kappa shape index (κ2) is 8.19. The first-order valence-corrected chi connectivity index (χ1v) is 11.4. The number of carbonyl (C=O) groups excluding carboxylic acids is 1. The van der Waals surface area contributed by atoms with E-state index in [1.54, 1.807) is 4.68 Å². The molecule has 1 amide bonds. The van der Waals surface area contributed by atoms with E-state index in [1.807, 2.05) is 0 Å². The first kappa shape index (κ1) is 18.1. The molecule has 144 valence electrons. The zero-order chi connectivity index (χ0) is 17.9. The van der Waals surface area contributed by atoms with Crippen molar-refractivity contribution in [2.45, 2.75) is 100 Å². The van der Waals surface area contributed by atoms with Gasteiger partial charge in [-0.05, 0) is 38.5 Å². The molecule has 26 heavy (non-hydrogen) atoms.